The number of halogens is 4. The summed E-state index contributed by atoms with van der Waals surface area (Å²) >= 11 is 6.89. The SMILES string of the molecule is O=C1N/C(=C/c2cc(Br)c(OCc3cccc(F)c3)c(Br)c2)C(=O)N1Cc1ccccc1F. The molecule has 0 aromatic heterocycles. The lowest BCUT2D eigenvalue weighted by Crippen LogP contribution is -2.30. The number of benzene rings is 3. The van der Waals surface area contributed by atoms with Gasteiger partial charge in [-0.2, -0.15) is 0 Å². The summed E-state index contributed by atoms with van der Waals surface area (Å²) in [5.74, 6) is -0.882. The summed E-state index contributed by atoms with van der Waals surface area (Å²) in [7, 11) is 0. The number of hydrogen-bond acceptors (Lipinski definition) is 3. The first kappa shape index (κ1) is 23.1. The van der Waals surface area contributed by atoms with Crippen LogP contribution in [0.1, 0.15) is 16.7 Å². The van der Waals surface area contributed by atoms with Crippen molar-refractivity contribution in [3.05, 3.63) is 104 Å². The van der Waals surface area contributed by atoms with Gasteiger partial charge in [-0.25, -0.2) is 13.6 Å². The average Bonchev–Trinajstić information content (AvgIpc) is 3.02. The van der Waals surface area contributed by atoms with E-state index in [2.05, 4.69) is 37.2 Å². The third-order valence-electron chi connectivity index (χ3n) is 4.85. The highest BCUT2D eigenvalue weighted by molar-refractivity contribution is 9.11. The van der Waals surface area contributed by atoms with Gasteiger partial charge in [-0.1, -0.05) is 30.3 Å². The smallest absolute Gasteiger partial charge is 0.329 e. The molecule has 4 rings (SSSR count). The van der Waals surface area contributed by atoms with Crippen molar-refractivity contribution in [2.75, 3.05) is 0 Å². The molecule has 33 heavy (non-hydrogen) atoms. The van der Waals surface area contributed by atoms with Gasteiger partial charge < -0.3 is 10.1 Å². The predicted molar refractivity (Wildman–Crippen MR) is 126 cm³/mol. The fraction of sp³-hybridized carbons (Fsp3) is 0.0833. The Labute approximate surface area is 205 Å². The van der Waals surface area contributed by atoms with E-state index in [1.165, 1.54) is 36.4 Å². The maximum absolute atomic E-state index is 13.9. The molecule has 1 fully saturated rings. The fourth-order valence-corrected chi connectivity index (χ4v) is 4.71. The Morgan fingerprint density at radius 3 is 2.39 bits per heavy atom. The number of rotatable bonds is 6. The molecule has 0 radical (unpaired) electrons. The molecule has 0 spiro atoms. The number of hydrogen-bond donors (Lipinski definition) is 1. The van der Waals surface area contributed by atoms with Crippen LogP contribution in [0.25, 0.3) is 6.08 Å². The van der Waals surface area contributed by atoms with Crippen molar-refractivity contribution >= 4 is 49.9 Å². The average molecular weight is 578 g/mol. The molecule has 1 saturated heterocycles. The normalized spacial score (nSPS) is 14.7. The van der Waals surface area contributed by atoms with Crippen molar-refractivity contribution in [1.29, 1.82) is 0 Å². The zero-order chi connectivity index (χ0) is 23.5. The summed E-state index contributed by atoms with van der Waals surface area (Å²) in [6.45, 7) is -0.0100. The minimum Gasteiger partial charge on any atom is -0.487 e. The number of amides is 3. The molecule has 0 atom stereocenters. The minimum atomic E-state index is -0.623. The first-order valence-corrected chi connectivity index (χ1v) is 11.3. The quantitative estimate of drug-likeness (QED) is 0.282. The molecule has 3 aromatic carbocycles. The summed E-state index contributed by atoms with van der Waals surface area (Å²) < 4.78 is 34.3. The maximum atomic E-state index is 13.9. The van der Waals surface area contributed by atoms with Crippen molar-refractivity contribution in [2.24, 2.45) is 0 Å². The summed E-state index contributed by atoms with van der Waals surface area (Å²) in [5.41, 5.74) is 1.61. The van der Waals surface area contributed by atoms with Gasteiger partial charge in [0.25, 0.3) is 5.91 Å². The Morgan fingerprint density at radius 1 is 0.970 bits per heavy atom. The highest BCUT2D eigenvalue weighted by Crippen LogP contribution is 2.36. The van der Waals surface area contributed by atoms with E-state index in [-0.39, 0.29) is 30.2 Å². The Morgan fingerprint density at radius 2 is 1.70 bits per heavy atom. The Kier molecular flexibility index (Phi) is 6.90. The van der Waals surface area contributed by atoms with E-state index in [0.717, 1.165) is 4.90 Å². The number of urea groups is 1. The van der Waals surface area contributed by atoms with Crippen molar-refractivity contribution in [1.82, 2.24) is 10.2 Å². The largest absolute Gasteiger partial charge is 0.487 e. The van der Waals surface area contributed by atoms with Crippen LogP contribution in [0.2, 0.25) is 0 Å². The second kappa shape index (κ2) is 9.84. The first-order valence-electron chi connectivity index (χ1n) is 9.76. The Balaban J connectivity index is 1.51. The van der Waals surface area contributed by atoms with Gasteiger partial charge in [0.2, 0.25) is 0 Å². The zero-order valence-electron chi connectivity index (χ0n) is 16.9. The molecule has 168 valence electrons. The van der Waals surface area contributed by atoms with E-state index in [1.54, 1.807) is 30.3 Å². The highest BCUT2D eigenvalue weighted by atomic mass is 79.9. The van der Waals surface area contributed by atoms with Crippen LogP contribution in [0.4, 0.5) is 13.6 Å². The summed E-state index contributed by atoms with van der Waals surface area (Å²) in [4.78, 5) is 26.0. The van der Waals surface area contributed by atoms with Gasteiger partial charge in [0.15, 0.2) is 0 Å². The standard InChI is InChI=1S/C24H16Br2F2N2O3/c25-18-9-15(10-19(26)22(18)33-13-14-4-3-6-17(27)8-14)11-21-23(31)30(24(32)29-21)12-16-5-1-2-7-20(16)28/h1-11H,12-13H2,(H,29,32)/b21-11+. The van der Waals surface area contributed by atoms with Crippen LogP contribution >= 0.6 is 31.9 Å². The highest BCUT2D eigenvalue weighted by Gasteiger charge is 2.34. The van der Waals surface area contributed by atoms with Crippen molar-refractivity contribution in [3.8, 4) is 5.75 Å². The van der Waals surface area contributed by atoms with Crippen molar-refractivity contribution < 1.29 is 23.1 Å². The molecule has 3 aromatic rings. The molecule has 0 bridgehead atoms. The Bertz CT molecular complexity index is 1260. The minimum absolute atomic E-state index is 0.0727. The molecule has 9 heteroatoms. The van der Waals surface area contributed by atoms with Crippen molar-refractivity contribution in [2.45, 2.75) is 13.2 Å². The third-order valence-corrected chi connectivity index (χ3v) is 6.03. The van der Waals surface area contributed by atoms with Crippen LogP contribution in [0.5, 0.6) is 5.75 Å². The summed E-state index contributed by atoms with van der Waals surface area (Å²) in [6, 6.07) is 14.9. The third kappa shape index (κ3) is 5.31. The van der Waals surface area contributed by atoms with E-state index in [1.807, 2.05) is 0 Å². The second-order valence-electron chi connectivity index (χ2n) is 7.20. The molecule has 0 aliphatic carbocycles. The van der Waals surface area contributed by atoms with Gasteiger partial charge in [-0.3, -0.25) is 9.69 Å². The molecule has 0 saturated carbocycles. The number of carbonyl (C=O) groups excluding carboxylic acids is 2. The van der Waals surface area contributed by atoms with Crippen LogP contribution < -0.4 is 10.1 Å². The molecule has 1 aliphatic heterocycles. The number of imide groups is 1. The van der Waals surface area contributed by atoms with Gasteiger partial charge in [0, 0.05) is 5.56 Å². The second-order valence-corrected chi connectivity index (χ2v) is 8.91. The fourth-order valence-electron chi connectivity index (χ4n) is 3.26. The van der Waals surface area contributed by atoms with Gasteiger partial charge in [0.1, 0.15) is 29.7 Å². The monoisotopic (exact) mass is 576 g/mol. The van der Waals surface area contributed by atoms with Crippen molar-refractivity contribution in [3.63, 3.8) is 0 Å². The Hall–Kier alpha value is -3.04. The zero-order valence-corrected chi connectivity index (χ0v) is 20.1. The number of nitrogens with one attached hydrogen (secondary N) is 1. The molecule has 1 aliphatic rings. The van der Waals surface area contributed by atoms with Crippen LogP contribution in [0.3, 0.4) is 0 Å². The van der Waals surface area contributed by atoms with Gasteiger partial charge in [-0.15, -0.1) is 0 Å². The first-order chi connectivity index (χ1) is 15.8. The van der Waals surface area contributed by atoms with Crippen LogP contribution in [0.15, 0.2) is 75.3 Å². The van der Waals surface area contributed by atoms with Gasteiger partial charge >= 0.3 is 6.03 Å². The van der Waals surface area contributed by atoms with Crippen LogP contribution in [0, 0.1) is 11.6 Å². The molecular formula is C24H16Br2F2N2O3. The number of carbonyl (C=O) groups is 2. The van der Waals surface area contributed by atoms with Crippen LogP contribution in [-0.2, 0) is 17.9 Å². The van der Waals surface area contributed by atoms with Gasteiger partial charge in [0.05, 0.1) is 15.5 Å². The lowest BCUT2D eigenvalue weighted by molar-refractivity contribution is -0.123. The van der Waals surface area contributed by atoms with E-state index in [4.69, 9.17) is 4.74 Å². The topological polar surface area (TPSA) is 58.6 Å². The number of ether oxygens (including phenoxy) is 1. The molecule has 5 nitrogen and oxygen atoms in total. The summed E-state index contributed by atoms with van der Waals surface area (Å²) in [6.07, 6.45) is 1.52. The lowest BCUT2D eigenvalue weighted by atomic mass is 10.1. The van der Waals surface area contributed by atoms with Gasteiger partial charge in [-0.05, 0) is 79.4 Å². The molecular weight excluding hydrogens is 562 g/mol. The maximum Gasteiger partial charge on any atom is 0.329 e. The van der Waals surface area contributed by atoms with E-state index in [9.17, 15) is 18.4 Å². The molecule has 1 N–H and O–H groups in total. The van der Waals surface area contributed by atoms with E-state index < -0.39 is 17.8 Å². The molecule has 3 amide bonds. The van der Waals surface area contributed by atoms with E-state index >= 15 is 0 Å². The van der Waals surface area contributed by atoms with E-state index in [0.29, 0.717) is 25.8 Å². The predicted octanol–water partition coefficient (Wildman–Crippen LogP) is 6.16. The lowest BCUT2D eigenvalue weighted by Gasteiger charge is -2.12. The molecule has 1 heterocycles. The van der Waals surface area contributed by atoms with Crippen LogP contribution in [-0.4, -0.2) is 16.8 Å². The molecule has 0 unspecified atom stereocenters. The number of nitrogens with zero attached hydrogens (tertiary/aromatic N) is 1. The summed E-state index contributed by atoms with van der Waals surface area (Å²) in [5, 5.41) is 2.53.